The summed E-state index contributed by atoms with van der Waals surface area (Å²) in [5.74, 6) is -0.496. The van der Waals surface area contributed by atoms with Gasteiger partial charge in [-0.3, -0.25) is 9.48 Å². The van der Waals surface area contributed by atoms with Crippen molar-refractivity contribution in [2.75, 3.05) is 13.1 Å². The molecule has 0 bridgehead atoms. The largest absolute Gasteiger partial charge is 0.435 e. The standard InChI is InChI=1S/C10H14F3N5O2/c1-6-4-7(10(11,12)13)17-18(6)3-2-15-8(19)5-16-9(14)20/h4H,2-3,5H2,1H3,(H,15,19)(H3,14,16,20). The van der Waals surface area contributed by atoms with Gasteiger partial charge < -0.3 is 16.4 Å². The number of halogens is 3. The van der Waals surface area contributed by atoms with Gasteiger partial charge in [-0.25, -0.2) is 4.79 Å². The lowest BCUT2D eigenvalue weighted by molar-refractivity contribution is -0.141. The number of urea groups is 1. The van der Waals surface area contributed by atoms with Crippen LogP contribution in [0.1, 0.15) is 11.4 Å². The first kappa shape index (κ1) is 15.8. The maximum Gasteiger partial charge on any atom is 0.435 e. The molecule has 1 aromatic heterocycles. The highest BCUT2D eigenvalue weighted by molar-refractivity contribution is 5.83. The van der Waals surface area contributed by atoms with Gasteiger partial charge in [0, 0.05) is 12.2 Å². The molecule has 0 fully saturated rings. The van der Waals surface area contributed by atoms with Gasteiger partial charge in [-0.15, -0.1) is 0 Å². The Bertz CT molecular complexity index is 498. The summed E-state index contributed by atoms with van der Waals surface area (Å²) in [6, 6.07) is 0.0918. The number of aryl methyl sites for hydroxylation is 1. The summed E-state index contributed by atoms with van der Waals surface area (Å²) in [5.41, 5.74) is 4.13. The fourth-order valence-corrected chi connectivity index (χ4v) is 1.41. The Kier molecular flexibility index (Phi) is 4.94. The Morgan fingerprint density at radius 3 is 2.55 bits per heavy atom. The molecule has 0 aliphatic heterocycles. The van der Waals surface area contributed by atoms with E-state index in [4.69, 9.17) is 5.73 Å². The molecule has 0 aliphatic carbocycles. The fraction of sp³-hybridized carbons (Fsp3) is 0.500. The first-order valence-electron chi connectivity index (χ1n) is 5.62. The van der Waals surface area contributed by atoms with Crippen molar-refractivity contribution in [2.45, 2.75) is 19.6 Å². The topological polar surface area (TPSA) is 102 Å². The van der Waals surface area contributed by atoms with E-state index in [0.717, 1.165) is 10.7 Å². The Morgan fingerprint density at radius 2 is 2.05 bits per heavy atom. The van der Waals surface area contributed by atoms with Crippen LogP contribution >= 0.6 is 0 Å². The summed E-state index contributed by atoms with van der Waals surface area (Å²) >= 11 is 0. The number of nitrogens with two attached hydrogens (primary N) is 1. The Morgan fingerprint density at radius 1 is 1.40 bits per heavy atom. The van der Waals surface area contributed by atoms with Gasteiger partial charge in [-0.2, -0.15) is 18.3 Å². The number of nitrogens with zero attached hydrogens (tertiary/aromatic N) is 2. The number of nitrogens with one attached hydrogen (secondary N) is 2. The zero-order valence-corrected chi connectivity index (χ0v) is 10.6. The molecule has 20 heavy (non-hydrogen) atoms. The van der Waals surface area contributed by atoms with Crippen molar-refractivity contribution >= 4 is 11.9 Å². The average Bonchev–Trinajstić information content (AvgIpc) is 2.68. The van der Waals surface area contributed by atoms with E-state index in [2.05, 4.69) is 15.7 Å². The summed E-state index contributed by atoms with van der Waals surface area (Å²) in [7, 11) is 0. The molecule has 112 valence electrons. The van der Waals surface area contributed by atoms with Crippen molar-refractivity contribution in [3.8, 4) is 0 Å². The number of aromatic nitrogens is 2. The molecule has 7 nitrogen and oxygen atoms in total. The Hall–Kier alpha value is -2.26. The molecular formula is C10H14F3N5O2. The van der Waals surface area contributed by atoms with E-state index in [-0.39, 0.29) is 19.6 Å². The van der Waals surface area contributed by atoms with Gasteiger partial charge in [0.1, 0.15) is 0 Å². The summed E-state index contributed by atoms with van der Waals surface area (Å²) < 4.78 is 38.4. The molecule has 4 N–H and O–H groups in total. The maximum atomic E-state index is 12.4. The summed E-state index contributed by atoms with van der Waals surface area (Å²) in [6.45, 7) is 1.36. The van der Waals surface area contributed by atoms with Gasteiger partial charge in [-0.05, 0) is 13.0 Å². The predicted molar refractivity (Wildman–Crippen MR) is 62.6 cm³/mol. The van der Waals surface area contributed by atoms with Gasteiger partial charge in [0.15, 0.2) is 5.69 Å². The third-order valence-corrected chi connectivity index (χ3v) is 2.34. The quantitative estimate of drug-likeness (QED) is 0.711. The van der Waals surface area contributed by atoms with Crippen LogP contribution < -0.4 is 16.4 Å². The first-order chi connectivity index (χ1) is 9.20. The van der Waals surface area contributed by atoms with Crippen LogP contribution in [0.2, 0.25) is 0 Å². The minimum Gasteiger partial charge on any atom is -0.353 e. The molecule has 0 aliphatic rings. The van der Waals surface area contributed by atoms with E-state index < -0.39 is 23.8 Å². The van der Waals surface area contributed by atoms with Gasteiger partial charge in [0.25, 0.3) is 0 Å². The van der Waals surface area contributed by atoms with E-state index in [1.165, 1.54) is 6.92 Å². The molecule has 0 atom stereocenters. The zero-order valence-electron chi connectivity index (χ0n) is 10.6. The number of hydrogen-bond acceptors (Lipinski definition) is 3. The first-order valence-corrected chi connectivity index (χ1v) is 5.62. The minimum atomic E-state index is -4.50. The van der Waals surface area contributed by atoms with Crippen LogP contribution in [0, 0.1) is 6.92 Å². The third-order valence-electron chi connectivity index (χ3n) is 2.34. The van der Waals surface area contributed by atoms with Crippen LogP contribution in [0.4, 0.5) is 18.0 Å². The number of carbonyl (C=O) groups excluding carboxylic acids is 2. The summed E-state index contributed by atoms with van der Waals surface area (Å²) in [6.07, 6.45) is -4.50. The molecule has 0 saturated heterocycles. The van der Waals surface area contributed by atoms with Crippen molar-refractivity contribution in [1.29, 1.82) is 0 Å². The molecule has 1 aromatic rings. The molecule has 10 heteroatoms. The lowest BCUT2D eigenvalue weighted by Crippen LogP contribution is -2.40. The van der Waals surface area contributed by atoms with Crippen molar-refractivity contribution < 1.29 is 22.8 Å². The van der Waals surface area contributed by atoms with Gasteiger partial charge in [0.05, 0.1) is 13.1 Å². The molecular weight excluding hydrogens is 279 g/mol. The van der Waals surface area contributed by atoms with Crippen molar-refractivity contribution in [3.63, 3.8) is 0 Å². The smallest absolute Gasteiger partial charge is 0.353 e. The lowest BCUT2D eigenvalue weighted by Gasteiger charge is -2.07. The van der Waals surface area contributed by atoms with Crippen LogP contribution in [0.25, 0.3) is 0 Å². The zero-order chi connectivity index (χ0) is 15.3. The number of alkyl halides is 3. The number of rotatable bonds is 5. The van der Waals surface area contributed by atoms with Crippen molar-refractivity contribution in [3.05, 3.63) is 17.5 Å². The van der Waals surface area contributed by atoms with E-state index in [1.807, 2.05) is 0 Å². The fourth-order valence-electron chi connectivity index (χ4n) is 1.41. The van der Waals surface area contributed by atoms with Crippen LogP contribution in [0.5, 0.6) is 0 Å². The highest BCUT2D eigenvalue weighted by atomic mass is 19.4. The van der Waals surface area contributed by atoms with Crippen LogP contribution in [-0.4, -0.2) is 34.8 Å². The third kappa shape index (κ3) is 4.78. The molecule has 0 unspecified atom stereocenters. The second-order valence-corrected chi connectivity index (χ2v) is 3.96. The molecule has 1 heterocycles. The summed E-state index contributed by atoms with van der Waals surface area (Å²) in [4.78, 5) is 21.5. The van der Waals surface area contributed by atoms with Crippen LogP contribution in [0.15, 0.2) is 6.07 Å². The van der Waals surface area contributed by atoms with Crippen molar-refractivity contribution in [2.24, 2.45) is 5.73 Å². The molecule has 0 aromatic carbocycles. The van der Waals surface area contributed by atoms with Crippen molar-refractivity contribution in [1.82, 2.24) is 20.4 Å². The SMILES string of the molecule is Cc1cc(C(F)(F)F)nn1CCNC(=O)CNC(N)=O. The second kappa shape index (κ2) is 6.26. The number of hydrogen-bond donors (Lipinski definition) is 3. The monoisotopic (exact) mass is 293 g/mol. The van der Waals surface area contributed by atoms with Gasteiger partial charge >= 0.3 is 12.2 Å². The average molecular weight is 293 g/mol. The van der Waals surface area contributed by atoms with E-state index in [0.29, 0.717) is 5.69 Å². The van der Waals surface area contributed by atoms with Gasteiger partial charge in [0.2, 0.25) is 5.91 Å². The number of carbonyl (C=O) groups is 2. The van der Waals surface area contributed by atoms with Gasteiger partial charge in [-0.1, -0.05) is 0 Å². The number of amides is 3. The predicted octanol–water partition coefficient (Wildman–Crippen LogP) is -0.00518. The Balaban J connectivity index is 2.44. The number of primary amides is 1. The second-order valence-electron chi connectivity index (χ2n) is 3.96. The van der Waals surface area contributed by atoms with E-state index in [9.17, 15) is 22.8 Å². The van der Waals surface area contributed by atoms with E-state index >= 15 is 0 Å². The molecule has 0 saturated carbocycles. The molecule has 0 spiro atoms. The molecule has 1 rings (SSSR count). The summed E-state index contributed by atoms with van der Waals surface area (Å²) in [5, 5.41) is 7.90. The lowest BCUT2D eigenvalue weighted by atomic mass is 10.3. The minimum absolute atomic E-state index is 0.0824. The highest BCUT2D eigenvalue weighted by Crippen LogP contribution is 2.28. The van der Waals surface area contributed by atoms with Crippen LogP contribution in [0.3, 0.4) is 0 Å². The van der Waals surface area contributed by atoms with Crippen LogP contribution in [-0.2, 0) is 17.5 Å². The maximum absolute atomic E-state index is 12.4. The molecule has 3 amide bonds. The normalized spacial score (nSPS) is 11.2. The Labute approximate surface area is 112 Å². The molecule has 0 radical (unpaired) electrons. The highest BCUT2D eigenvalue weighted by Gasteiger charge is 2.34. The van der Waals surface area contributed by atoms with E-state index in [1.54, 1.807) is 0 Å².